The van der Waals surface area contributed by atoms with Gasteiger partial charge >= 0.3 is 0 Å². The summed E-state index contributed by atoms with van der Waals surface area (Å²) in [5.41, 5.74) is 4.38. The van der Waals surface area contributed by atoms with Crippen LogP contribution in [0.5, 0.6) is 0 Å². The number of carbonyl (C=O) groups is 1. The predicted octanol–water partition coefficient (Wildman–Crippen LogP) is 5.82. The monoisotopic (exact) mass is 415 g/mol. The number of carbonyl (C=O) groups excluding carboxylic acids is 1. The topological polar surface area (TPSA) is 68.0 Å². The van der Waals surface area contributed by atoms with Gasteiger partial charge in [0.1, 0.15) is 0 Å². The Bertz CT molecular complexity index is 1030. The third-order valence-electron chi connectivity index (χ3n) is 4.33. The van der Waals surface area contributed by atoms with Crippen LogP contribution in [0.3, 0.4) is 0 Å². The fraction of sp³-hybridized carbons (Fsp3) is 0.190. The molecule has 0 bridgehead atoms. The van der Waals surface area contributed by atoms with E-state index in [0.717, 1.165) is 24.0 Å². The number of nitrogens with one attached hydrogen (secondary N) is 1. The minimum atomic E-state index is -0.368. The average Bonchev–Trinajstić information content (AvgIpc) is 3.14. The maximum absolute atomic E-state index is 12.3. The van der Waals surface area contributed by atoms with Crippen LogP contribution in [0.15, 0.2) is 47.1 Å². The maximum Gasteiger partial charge on any atom is 0.249 e. The first-order valence-corrected chi connectivity index (χ1v) is 9.66. The van der Waals surface area contributed by atoms with Crippen LogP contribution in [0.2, 0.25) is 10.0 Å². The molecule has 1 heterocycles. The van der Waals surface area contributed by atoms with Gasteiger partial charge in [-0.3, -0.25) is 4.79 Å². The zero-order valence-corrected chi connectivity index (χ0v) is 17.0. The molecule has 0 spiro atoms. The average molecular weight is 416 g/mol. The molecule has 28 heavy (non-hydrogen) atoms. The van der Waals surface area contributed by atoms with E-state index in [4.69, 9.17) is 27.8 Å². The van der Waals surface area contributed by atoms with Crippen molar-refractivity contribution in [2.45, 2.75) is 26.7 Å². The summed E-state index contributed by atoms with van der Waals surface area (Å²) < 4.78 is 4.89. The molecule has 1 N–H and O–H groups in total. The van der Waals surface area contributed by atoms with E-state index < -0.39 is 0 Å². The van der Waals surface area contributed by atoms with Gasteiger partial charge in [-0.05, 0) is 64.1 Å². The van der Waals surface area contributed by atoms with Crippen molar-refractivity contribution >= 4 is 41.0 Å². The van der Waals surface area contributed by atoms with Crippen LogP contribution < -0.4 is 5.32 Å². The van der Waals surface area contributed by atoms with E-state index in [0.29, 0.717) is 21.3 Å². The summed E-state index contributed by atoms with van der Waals surface area (Å²) in [6.07, 6.45) is 4.70. The maximum atomic E-state index is 12.3. The highest BCUT2D eigenvalue weighted by molar-refractivity contribution is 6.35. The van der Waals surface area contributed by atoms with Gasteiger partial charge in [0.15, 0.2) is 5.69 Å². The number of hydrogen-bond donors (Lipinski definition) is 1. The Balaban J connectivity index is 1.83. The van der Waals surface area contributed by atoms with Crippen LogP contribution in [0.25, 0.3) is 17.3 Å². The van der Waals surface area contributed by atoms with Gasteiger partial charge in [0.05, 0.1) is 0 Å². The predicted molar refractivity (Wildman–Crippen MR) is 113 cm³/mol. The third kappa shape index (κ3) is 4.61. The number of aryl methyl sites for hydroxylation is 2. The van der Waals surface area contributed by atoms with E-state index in [1.807, 2.05) is 0 Å². The number of halogens is 2. The van der Waals surface area contributed by atoms with Gasteiger partial charge in [0.2, 0.25) is 11.7 Å². The normalized spacial score (nSPS) is 11.1. The van der Waals surface area contributed by atoms with Crippen LogP contribution in [0.1, 0.15) is 30.5 Å². The van der Waals surface area contributed by atoms with Crippen molar-refractivity contribution in [2.24, 2.45) is 0 Å². The van der Waals surface area contributed by atoms with E-state index in [1.54, 1.807) is 24.3 Å². The lowest BCUT2D eigenvalue weighted by Crippen LogP contribution is -2.09. The Labute approximate surface area is 173 Å². The Kier molecular flexibility index (Phi) is 6.49. The molecule has 0 fully saturated rings. The van der Waals surface area contributed by atoms with Gasteiger partial charge in [-0.25, -0.2) is 4.63 Å². The molecule has 0 aliphatic rings. The molecule has 1 amide bonds. The van der Waals surface area contributed by atoms with Crippen LogP contribution in [-0.2, 0) is 17.6 Å². The number of anilines is 1. The summed E-state index contributed by atoms with van der Waals surface area (Å²) >= 11 is 12.0. The number of aromatic nitrogens is 2. The second kappa shape index (κ2) is 9.04. The molecule has 2 aromatic carbocycles. The fourth-order valence-corrected chi connectivity index (χ4v) is 3.25. The van der Waals surface area contributed by atoms with E-state index in [-0.39, 0.29) is 11.7 Å². The molecule has 0 atom stereocenters. The summed E-state index contributed by atoms with van der Waals surface area (Å²) in [4.78, 5) is 12.3. The first kappa shape index (κ1) is 20.1. The molecular weight excluding hydrogens is 397 g/mol. The van der Waals surface area contributed by atoms with Gasteiger partial charge in [0.25, 0.3) is 0 Å². The minimum absolute atomic E-state index is 0.278. The fourth-order valence-electron chi connectivity index (χ4n) is 2.78. The molecule has 3 rings (SSSR count). The number of amides is 1. The van der Waals surface area contributed by atoms with Gasteiger partial charge < -0.3 is 5.32 Å². The van der Waals surface area contributed by atoms with Gasteiger partial charge in [-0.15, -0.1) is 0 Å². The smallest absolute Gasteiger partial charge is 0.249 e. The summed E-state index contributed by atoms with van der Waals surface area (Å²) in [6, 6.07) is 11.3. The minimum Gasteiger partial charge on any atom is -0.302 e. The molecule has 144 valence electrons. The van der Waals surface area contributed by atoms with Crippen LogP contribution in [0, 0.1) is 0 Å². The lowest BCUT2D eigenvalue weighted by molar-refractivity contribution is -0.111. The number of benzene rings is 2. The Morgan fingerprint density at radius 3 is 2.64 bits per heavy atom. The van der Waals surface area contributed by atoms with Crippen molar-refractivity contribution in [3.8, 4) is 11.3 Å². The molecule has 0 aliphatic carbocycles. The Morgan fingerprint density at radius 2 is 1.93 bits per heavy atom. The quantitative estimate of drug-likeness (QED) is 0.514. The van der Waals surface area contributed by atoms with Crippen molar-refractivity contribution in [1.29, 1.82) is 0 Å². The number of nitrogens with zero attached hydrogens (tertiary/aromatic N) is 2. The SMILES string of the molecule is CCc1ccc(CC)c(-c2nonc2NC(=O)/C=C/c2ccc(Cl)cc2Cl)c1. The summed E-state index contributed by atoms with van der Waals surface area (Å²) in [6.45, 7) is 4.15. The van der Waals surface area contributed by atoms with Gasteiger partial charge in [-0.2, -0.15) is 0 Å². The van der Waals surface area contributed by atoms with E-state index >= 15 is 0 Å². The molecular formula is C21H19Cl2N3O2. The third-order valence-corrected chi connectivity index (χ3v) is 4.89. The van der Waals surface area contributed by atoms with E-state index in [2.05, 4.69) is 47.7 Å². The summed E-state index contributed by atoms with van der Waals surface area (Å²) in [5.74, 6) is -0.0903. The van der Waals surface area contributed by atoms with Crippen LogP contribution in [0.4, 0.5) is 5.82 Å². The first-order valence-electron chi connectivity index (χ1n) is 8.90. The zero-order chi connectivity index (χ0) is 20.1. The lowest BCUT2D eigenvalue weighted by atomic mass is 9.98. The number of rotatable bonds is 6. The molecule has 0 aliphatic heterocycles. The first-order chi connectivity index (χ1) is 13.5. The van der Waals surface area contributed by atoms with Gasteiger partial charge in [-0.1, -0.05) is 55.2 Å². The highest BCUT2D eigenvalue weighted by Crippen LogP contribution is 2.29. The van der Waals surface area contributed by atoms with Gasteiger partial charge in [0, 0.05) is 21.7 Å². The molecule has 3 aromatic rings. The van der Waals surface area contributed by atoms with Crippen LogP contribution in [-0.4, -0.2) is 16.2 Å². The van der Waals surface area contributed by atoms with Crippen molar-refractivity contribution < 1.29 is 9.42 Å². The summed E-state index contributed by atoms with van der Waals surface area (Å²) in [7, 11) is 0. The molecule has 5 nitrogen and oxygen atoms in total. The lowest BCUT2D eigenvalue weighted by Gasteiger charge is -2.08. The highest BCUT2D eigenvalue weighted by atomic mass is 35.5. The highest BCUT2D eigenvalue weighted by Gasteiger charge is 2.17. The van der Waals surface area contributed by atoms with Crippen molar-refractivity contribution in [3.63, 3.8) is 0 Å². The standard InChI is InChI=1S/C21H19Cl2N3O2/c1-3-13-5-6-14(4-2)17(11-13)20-21(26-28-25-20)24-19(27)10-8-15-7-9-16(22)12-18(15)23/h5-12H,3-4H2,1-2H3,(H,24,26,27)/b10-8+. The van der Waals surface area contributed by atoms with Crippen LogP contribution >= 0.6 is 23.2 Å². The Hall–Kier alpha value is -2.63. The second-order valence-corrected chi connectivity index (χ2v) is 6.99. The van der Waals surface area contributed by atoms with Crippen molar-refractivity contribution in [1.82, 2.24) is 10.3 Å². The number of hydrogen-bond acceptors (Lipinski definition) is 4. The van der Waals surface area contributed by atoms with E-state index in [9.17, 15) is 4.79 Å². The molecule has 0 radical (unpaired) electrons. The summed E-state index contributed by atoms with van der Waals surface area (Å²) in [5, 5.41) is 11.6. The zero-order valence-electron chi connectivity index (χ0n) is 15.5. The molecule has 0 saturated heterocycles. The molecule has 0 unspecified atom stereocenters. The van der Waals surface area contributed by atoms with E-state index in [1.165, 1.54) is 11.6 Å². The largest absolute Gasteiger partial charge is 0.302 e. The molecule has 1 aromatic heterocycles. The second-order valence-electron chi connectivity index (χ2n) is 6.15. The van der Waals surface area contributed by atoms with Crippen molar-refractivity contribution in [2.75, 3.05) is 5.32 Å². The molecule has 0 saturated carbocycles. The van der Waals surface area contributed by atoms with Crippen molar-refractivity contribution in [3.05, 3.63) is 69.2 Å². The Morgan fingerprint density at radius 1 is 1.11 bits per heavy atom. The molecule has 7 heteroatoms.